The number of rotatable bonds is 7. The Balaban J connectivity index is 0.000000962. The van der Waals surface area contributed by atoms with Crippen molar-refractivity contribution in [1.82, 2.24) is 0 Å². The lowest BCUT2D eigenvalue weighted by atomic mass is 9.81. The second-order valence-electron chi connectivity index (χ2n) is 13.3. The van der Waals surface area contributed by atoms with Crippen molar-refractivity contribution in [3.05, 3.63) is 41.0 Å². The summed E-state index contributed by atoms with van der Waals surface area (Å²) < 4.78 is 69.8. The topological polar surface area (TPSA) is 72.8 Å². The lowest BCUT2D eigenvalue weighted by Crippen LogP contribution is -2.33. The number of benzene rings is 2. The highest BCUT2D eigenvalue weighted by Crippen LogP contribution is 2.62. The molecule has 10 heteroatoms. The largest absolute Gasteiger partial charge is 0.522 e. The fourth-order valence-corrected chi connectivity index (χ4v) is 9.46. The first kappa shape index (κ1) is 38.2. The molecule has 0 aliphatic heterocycles. The summed E-state index contributed by atoms with van der Waals surface area (Å²) in [4.78, 5) is 0. The van der Waals surface area contributed by atoms with Crippen molar-refractivity contribution >= 4 is 23.3 Å². The zero-order valence-electron chi connectivity index (χ0n) is 27.6. The monoisotopic (exact) mass is 634 g/mol. The molecule has 0 radical (unpaired) electrons. The van der Waals surface area contributed by atoms with E-state index >= 15 is 0 Å². The van der Waals surface area contributed by atoms with E-state index in [2.05, 4.69) is 107 Å². The van der Waals surface area contributed by atoms with E-state index in [-0.39, 0.29) is 10.3 Å². The van der Waals surface area contributed by atoms with Crippen LogP contribution in [0.1, 0.15) is 118 Å². The second-order valence-corrected chi connectivity index (χ2v) is 18.5. The van der Waals surface area contributed by atoms with Crippen LogP contribution in [0.5, 0.6) is 11.5 Å². The maximum atomic E-state index is 10.7. The molecule has 5 nitrogen and oxygen atoms in total. The number of hydrogen-bond acceptors (Lipinski definition) is 4. The van der Waals surface area contributed by atoms with Crippen LogP contribution in [0.15, 0.2) is 24.3 Å². The van der Waals surface area contributed by atoms with Gasteiger partial charge < -0.3 is 9.47 Å². The van der Waals surface area contributed by atoms with Crippen molar-refractivity contribution in [2.75, 3.05) is 14.2 Å². The third-order valence-electron chi connectivity index (χ3n) is 6.78. The van der Waals surface area contributed by atoms with Crippen LogP contribution in [0.3, 0.4) is 0 Å². The van der Waals surface area contributed by atoms with Crippen LogP contribution >= 0.6 is 7.92 Å². The summed E-state index contributed by atoms with van der Waals surface area (Å²) in [6.45, 7) is 28.1. The Kier molecular flexibility index (Phi) is 12.6. The molecule has 0 aromatic heterocycles. The van der Waals surface area contributed by atoms with Gasteiger partial charge >= 0.3 is 15.6 Å². The van der Waals surface area contributed by atoms with E-state index in [0.717, 1.165) is 11.5 Å². The summed E-state index contributed by atoms with van der Waals surface area (Å²) in [5.41, 5.74) is 1.27. The summed E-state index contributed by atoms with van der Waals surface area (Å²) in [5.74, 6) is 3.19. The van der Waals surface area contributed by atoms with Crippen LogP contribution in [0, 0.1) is 0 Å². The van der Waals surface area contributed by atoms with Gasteiger partial charge in [0, 0.05) is 10.9 Å². The van der Waals surface area contributed by atoms with Gasteiger partial charge in [0.25, 0.3) is 0 Å². The molecule has 0 aliphatic rings. The van der Waals surface area contributed by atoms with E-state index in [4.69, 9.17) is 22.4 Å². The number of halogens is 3. The van der Waals surface area contributed by atoms with Gasteiger partial charge in [0.15, 0.2) is 0 Å². The normalized spacial score (nSPS) is 13.1. The summed E-state index contributed by atoms with van der Waals surface area (Å²) >= 11 is 0. The first-order valence-corrected chi connectivity index (χ1v) is 16.9. The lowest BCUT2D eigenvalue weighted by Gasteiger charge is -2.43. The number of ether oxygens (including phenoxy) is 2. The van der Waals surface area contributed by atoms with Gasteiger partial charge in [-0.2, -0.15) is 21.6 Å². The maximum absolute atomic E-state index is 10.7. The Morgan fingerprint density at radius 2 is 1.07 bits per heavy atom. The highest BCUT2D eigenvalue weighted by atomic mass is 32.2. The molecule has 0 aliphatic carbocycles. The first-order valence-electron chi connectivity index (χ1n) is 14.1. The SMILES string of the molecule is COc1ccc(OC)c(P(C(C)(C)C)C(C)(C)C)c1-c1c(C(C)C)cc(C(C)C)cc1C(C)C.O=S(=O)(O)C(F)(F)F. The van der Waals surface area contributed by atoms with E-state index in [9.17, 15) is 13.2 Å². The molecule has 0 saturated heterocycles. The van der Waals surface area contributed by atoms with Crippen LogP contribution in [0.2, 0.25) is 0 Å². The van der Waals surface area contributed by atoms with Crippen LogP contribution in [0.4, 0.5) is 13.2 Å². The summed E-state index contributed by atoms with van der Waals surface area (Å²) in [6.07, 6.45) is 0. The fraction of sp³-hybridized carbons (Fsp3) is 0.625. The fourth-order valence-electron chi connectivity index (χ4n) is 5.27. The highest BCUT2D eigenvalue weighted by Gasteiger charge is 2.44. The molecule has 0 amide bonds. The van der Waals surface area contributed by atoms with Gasteiger partial charge in [-0.05, 0) is 62.5 Å². The highest BCUT2D eigenvalue weighted by molar-refractivity contribution is 7.86. The minimum atomic E-state index is -5.84. The Morgan fingerprint density at radius 1 is 0.714 bits per heavy atom. The van der Waals surface area contributed by atoms with Crippen molar-refractivity contribution in [3.8, 4) is 22.6 Å². The molecule has 2 aromatic carbocycles. The maximum Gasteiger partial charge on any atom is 0.522 e. The van der Waals surface area contributed by atoms with E-state index in [1.54, 1.807) is 7.11 Å². The number of methoxy groups -OCH3 is 2. The molecule has 1 N–H and O–H groups in total. The molecule has 0 bridgehead atoms. The third kappa shape index (κ3) is 9.09. The summed E-state index contributed by atoms with van der Waals surface area (Å²) in [7, 11) is -2.85. The van der Waals surface area contributed by atoms with Crippen LogP contribution in [0.25, 0.3) is 11.1 Å². The van der Waals surface area contributed by atoms with Gasteiger partial charge in [0.2, 0.25) is 0 Å². The zero-order chi connectivity index (χ0) is 33.2. The molecule has 2 rings (SSSR count). The van der Waals surface area contributed by atoms with Crippen molar-refractivity contribution in [2.24, 2.45) is 0 Å². The molecule has 0 unspecified atom stereocenters. The van der Waals surface area contributed by atoms with Crippen LogP contribution in [-0.2, 0) is 10.1 Å². The quantitative estimate of drug-likeness (QED) is 0.186. The smallest absolute Gasteiger partial charge is 0.496 e. The van der Waals surface area contributed by atoms with Crippen molar-refractivity contribution < 1.29 is 35.6 Å². The molecule has 2 aromatic rings. The standard InChI is InChI=1S/C31H49O2P.CHF3O3S/c1-19(2)22-17-23(20(3)4)27(24(18-22)21(5)6)28-25(32-13)15-16-26(33-14)29(28)34(30(7,8)9)31(10,11)12;2-1(3,4)8(5,6)7/h15-21H,1-14H3;(H,5,6,7). The summed E-state index contributed by atoms with van der Waals surface area (Å²) in [5, 5.41) is 1.52. The average Bonchev–Trinajstić information content (AvgIpc) is 2.80. The molecule has 0 fully saturated rings. The Morgan fingerprint density at radius 3 is 1.33 bits per heavy atom. The minimum absolute atomic E-state index is 0.0931. The molecule has 0 saturated carbocycles. The molecule has 42 heavy (non-hydrogen) atoms. The van der Waals surface area contributed by atoms with Crippen LogP contribution < -0.4 is 14.8 Å². The number of alkyl halides is 3. The van der Waals surface area contributed by atoms with Gasteiger partial charge in [-0.3, -0.25) is 4.55 Å². The zero-order valence-corrected chi connectivity index (χ0v) is 29.3. The van der Waals surface area contributed by atoms with E-state index in [0.29, 0.717) is 17.8 Å². The van der Waals surface area contributed by atoms with E-state index in [1.165, 1.54) is 33.1 Å². The number of hydrogen-bond donors (Lipinski definition) is 1. The minimum Gasteiger partial charge on any atom is -0.496 e. The Hall–Kier alpha value is -1.83. The van der Waals surface area contributed by atoms with Gasteiger partial charge in [-0.1, -0.05) is 103 Å². The van der Waals surface area contributed by atoms with E-state index < -0.39 is 23.5 Å². The Bertz CT molecular complexity index is 1280. The van der Waals surface area contributed by atoms with Crippen molar-refractivity contribution in [1.29, 1.82) is 0 Å². The van der Waals surface area contributed by atoms with Crippen LogP contribution in [-0.4, -0.2) is 43.0 Å². The van der Waals surface area contributed by atoms with Gasteiger partial charge in [0.1, 0.15) is 11.5 Å². The Labute approximate surface area is 253 Å². The molecule has 0 heterocycles. The first-order chi connectivity index (χ1) is 18.8. The predicted molar refractivity (Wildman–Crippen MR) is 171 cm³/mol. The second kappa shape index (κ2) is 13.9. The summed E-state index contributed by atoms with van der Waals surface area (Å²) in [6, 6.07) is 9.09. The third-order valence-corrected chi connectivity index (χ3v) is 10.9. The van der Waals surface area contributed by atoms with E-state index in [1.807, 2.05) is 7.11 Å². The lowest BCUT2D eigenvalue weighted by molar-refractivity contribution is -0.0510. The van der Waals surface area contributed by atoms with Gasteiger partial charge in [-0.15, -0.1) is 0 Å². The average molecular weight is 635 g/mol. The molecule has 0 spiro atoms. The van der Waals surface area contributed by atoms with Crippen molar-refractivity contribution in [3.63, 3.8) is 0 Å². The predicted octanol–water partition coefficient (Wildman–Crippen LogP) is 9.84. The molecular weight excluding hydrogens is 584 g/mol. The molecule has 0 atom stereocenters. The van der Waals surface area contributed by atoms with Crippen molar-refractivity contribution in [2.45, 2.75) is 117 Å². The molecule has 240 valence electrons. The molecular formula is C32H50F3O5PS. The van der Waals surface area contributed by atoms with Gasteiger partial charge in [0.05, 0.1) is 14.2 Å². The van der Waals surface area contributed by atoms with Gasteiger partial charge in [-0.25, -0.2) is 0 Å².